The highest BCUT2D eigenvalue weighted by atomic mass is 35.5. The highest BCUT2D eigenvalue weighted by Gasteiger charge is 2.14. The van der Waals surface area contributed by atoms with Gasteiger partial charge in [0, 0.05) is 12.1 Å². The van der Waals surface area contributed by atoms with E-state index in [9.17, 15) is 0 Å². The highest BCUT2D eigenvalue weighted by Crippen LogP contribution is 1.98. The van der Waals surface area contributed by atoms with Crippen LogP contribution in [-0.2, 0) is 0 Å². The lowest BCUT2D eigenvalue weighted by atomic mass is 10.3. The molecule has 0 spiro atoms. The van der Waals surface area contributed by atoms with Gasteiger partial charge in [-0.3, -0.25) is 15.3 Å². The summed E-state index contributed by atoms with van der Waals surface area (Å²) in [5.74, 6) is 0.231. The average molecular weight is 222 g/mol. The summed E-state index contributed by atoms with van der Waals surface area (Å²) in [6.07, 6.45) is 0. The molecule has 0 rings (SSSR count). The SMILES string of the molecule is CC(C)N=C(N)N(C(=N)N)C(C)C.Cl. The second kappa shape index (κ2) is 6.48. The number of nitrogens with two attached hydrogens (primary N) is 2. The fourth-order valence-electron chi connectivity index (χ4n) is 0.993. The largest absolute Gasteiger partial charge is 0.370 e. The molecule has 0 aromatic heterocycles. The van der Waals surface area contributed by atoms with Crippen LogP contribution in [0.25, 0.3) is 0 Å². The number of rotatable bonds is 2. The number of nitrogens with one attached hydrogen (secondary N) is 1. The minimum atomic E-state index is -0.0723. The van der Waals surface area contributed by atoms with Gasteiger partial charge in [0.1, 0.15) is 0 Å². The molecule has 0 aromatic carbocycles. The predicted molar refractivity (Wildman–Crippen MR) is 62.9 cm³/mol. The summed E-state index contributed by atoms with van der Waals surface area (Å²) in [5, 5.41) is 7.30. The molecule has 0 saturated heterocycles. The van der Waals surface area contributed by atoms with Crippen LogP contribution in [0.1, 0.15) is 27.7 Å². The van der Waals surface area contributed by atoms with Crippen molar-refractivity contribution < 1.29 is 0 Å². The van der Waals surface area contributed by atoms with Crippen molar-refractivity contribution >= 4 is 24.3 Å². The lowest BCUT2D eigenvalue weighted by Gasteiger charge is -2.25. The monoisotopic (exact) mass is 221 g/mol. The third kappa shape index (κ3) is 4.91. The summed E-state index contributed by atoms with van der Waals surface area (Å²) in [6.45, 7) is 7.66. The first kappa shape index (κ1) is 15.5. The van der Waals surface area contributed by atoms with E-state index in [2.05, 4.69) is 4.99 Å². The number of hydrogen-bond acceptors (Lipinski definition) is 2. The maximum absolute atomic E-state index is 7.30. The van der Waals surface area contributed by atoms with Gasteiger partial charge in [-0.05, 0) is 27.7 Å². The Bertz CT molecular complexity index is 212. The van der Waals surface area contributed by atoms with E-state index >= 15 is 0 Å². The van der Waals surface area contributed by atoms with E-state index in [4.69, 9.17) is 16.9 Å². The zero-order chi connectivity index (χ0) is 10.6. The molecular formula is C8H20ClN5. The molecule has 5 nitrogen and oxygen atoms in total. The Balaban J connectivity index is 0. The summed E-state index contributed by atoms with van der Waals surface area (Å²) in [7, 11) is 0. The minimum Gasteiger partial charge on any atom is -0.370 e. The van der Waals surface area contributed by atoms with Crippen LogP contribution in [0, 0.1) is 5.41 Å². The highest BCUT2D eigenvalue weighted by molar-refractivity contribution is 5.96. The van der Waals surface area contributed by atoms with Crippen molar-refractivity contribution in [2.75, 3.05) is 0 Å². The van der Waals surface area contributed by atoms with Gasteiger partial charge in [-0.15, -0.1) is 12.4 Å². The summed E-state index contributed by atoms with van der Waals surface area (Å²) in [5.41, 5.74) is 11.0. The summed E-state index contributed by atoms with van der Waals surface area (Å²) >= 11 is 0. The van der Waals surface area contributed by atoms with Gasteiger partial charge in [0.2, 0.25) is 0 Å². The van der Waals surface area contributed by atoms with Gasteiger partial charge in [-0.2, -0.15) is 0 Å². The quantitative estimate of drug-likeness (QED) is 0.474. The second-order valence-corrected chi connectivity index (χ2v) is 3.43. The number of guanidine groups is 2. The molecule has 0 aromatic rings. The van der Waals surface area contributed by atoms with Crippen LogP contribution in [0.5, 0.6) is 0 Å². The number of hydrogen-bond donors (Lipinski definition) is 3. The number of nitrogens with zero attached hydrogens (tertiary/aromatic N) is 2. The van der Waals surface area contributed by atoms with Crippen LogP contribution in [0.15, 0.2) is 4.99 Å². The lowest BCUT2D eigenvalue weighted by molar-refractivity contribution is 0.483. The van der Waals surface area contributed by atoms with Gasteiger partial charge in [-0.1, -0.05) is 0 Å². The fourth-order valence-corrected chi connectivity index (χ4v) is 0.993. The van der Waals surface area contributed by atoms with E-state index in [1.165, 1.54) is 4.90 Å². The second-order valence-electron chi connectivity index (χ2n) is 3.43. The molecule has 6 heteroatoms. The van der Waals surface area contributed by atoms with Crippen LogP contribution in [0.4, 0.5) is 0 Å². The molecule has 84 valence electrons. The van der Waals surface area contributed by atoms with E-state index in [0.29, 0.717) is 5.96 Å². The first-order chi connectivity index (χ1) is 5.86. The topological polar surface area (TPSA) is 91.5 Å². The molecule has 0 fully saturated rings. The third-order valence-corrected chi connectivity index (χ3v) is 1.41. The Labute approximate surface area is 91.5 Å². The maximum Gasteiger partial charge on any atom is 0.198 e. The van der Waals surface area contributed by atoms with Gasteiger partial charge in [0.25, 0.3) is 0 Å². The van der Waals surface area contributed by atoms with Gasteiger partial charge < -0.3 is 11.5 Å². The molecule has 5 N–H and O–H groups in total. The smallest absolute Gasteiger partial charge is 0.198 e. The summed E-state index contributed by atoms with van der Waals surface area (Å²) in [6, 6.07) is 0.167. The Morgan fingerprint density at radius 3 is 1.86 bits per heavy atom. The molecule has 14 heavy (non-hydrogen) atoms. The first-order valence-electron chi connectivity index (χ1n) is 4.32. The molecule has 0 amide bonds. The van der Waals surface area contributed by atoms with Gasteiger partial charge in [0.05, 0.1) is 0 Å². The van der Waals surface area contributed by atoms with E-state index in [1.54, 1.807) is 0 Å². The van der Waals surface area contributed by atoms with Crippen molar-refractivity contribution in [2.45, 2.75) is 39.8 Å². The van der Waals surface area contributed by atoms with Crippen LogP contribution in [-0.4, -0.2) is 28.9 Å². The van der Waals surface area contributed by atoms with Crippen LogP contribution < -0.4 is 11.5 Å². The van der Waals surface area contributed by atoms with E-state index in [1.807, 2.05) is 27.7 Å². The molecule has 0 aliphatic heterocycles. The standard InChI is InChI=1S/C8H19N5.ClH/c1-5(2)12-8(11)13(6(3)4)7(9)10;/h5-6H,1-4H3,(H3,9,10)(H2,11,12);1H. The summed E-state index contributed by atoms with van der Waals surface area (Å²) < 4.78 is 0. The van der Waals surface area contributed by atoms with E-state index in [-0.39, 0.29) is 30.5 Å². The van der Waals surface area contributed by atoms with Crippen molar-refractivity contribution in [1.29, 1.82) is 5.41 Å². The first-order valence-corrected chi connectivity index (χ1v) is 4.32. The average Bonchev–Trinajstić information content (AvgIpc) is 1.81. The van der Waals surface area contributed by atoms with Crippen LogP contribution >= 0.6 is 12.4 Å². The van der Waals surface area contributed by atoms with Crippen molar-refractivity contribution in [3.63, 3.8) is 0 Å². The minimum absolute atomic E-state index is 0. The molecule has 0 atom stereocenters. The van der Waals surface area contributed by atoms with Crippen molar-refractivity contribution in [3.8, 4) is 0 Å². The maximum atomic E-state index is 7.30. The van der Waals surface area contributed by atoms with E-state index < -0.39 is 0 Å². The Hall–Kier alpha value is -0.970. The number of halogens is 1. The van der Waals surface area contributed by atoms with Crippen molar-refractivity contribution in [1.82, 2.24) is 4.90 Å². The molecule has 0 saturated carbocycles. The normalized spacial score (nSPS) is 11.4. The van der Waals surface area contributed by atoms with Crippen molar-refractivity contribution in [3.05, 3.63) is 0 Å². The summed E-state index contributed by atoms with van der Waals surface area (Å²) in [4.78, 5) is 5.61. The lowest BCUT2D eigenvalue weighted by Crippen LogP contribution is -2.49. The van der Waals surface area contributed by atoms with Crippen LogP contribution in [0.3, 0.4) is 0 Å². The molecule has 0 bridgehead atoms. The molecule has 0 heterocycles. The van der Waals surface area contributed by atoms with Gasteiger partial charge in [0.15, 0.2) is 11.9 Å². The zero-order valence-corrected chi connectivity index (χ0v) is 9.93. The Kier molecular flexibility index (Phi) is 7.17. The third-order valence-electron chi connectivity index (χ3n) is 1.41. The molecule has 0 radical (unpaired) electrons. The van der Waals surface area contributed by atoms with Crippen molar-refractivity contribution in [2.24, 2.45) is 16.5 Å². The molecule has 0 aliphatic carbocycles. The molecule has 0 aliphatic rings. The zero-order valence-electron chi connectivity index (χ0n) is 9.11. The number of aliphatic imine (C=N–C) groups is 1. The molecular weight excluding hydrogens is 202 g/mol. The Morgan fingerprint density at radius 1 is 1.21 bits per heavy atom. The van der Waals surface area contributed by atoms with Gasteiger partial charge in [-0.25, -0.2) is 0 Å². The predicted octanol–water partition coefficient (Wildman–Crippen LogP) is 0.735. The molecule has 0 unspecified atom stereocenters. The van der Waals surface area contributed by atoms with E-state index in [0.717, 1.165) is 0 Å². The van der Waals surface area contributed by atoms with Crippen LogP contribution in [0.2, 0.25) is 0 Å². The fraction of sp³-hybridized carbons (Fsp3) is 0.750. The van der Waals surface area contributed by atoms with Gasteiger partial charge >= 0.3 is 0 Å². The Morgan fingerprint density at radius 2 is 1.64 bits per heavy atom.